The standard InChI is InChI=1S/C21H27FO3/c1-20-7-6-12-10(14(20)9-16(22)19(20)24)4-5-13-18(25-3)17(23)11-8-15(11)21(12,13)2/h10-12,14-16H,4-9H2,1-3H3/t10-,11+,12+,14+,15?,16+,20+,21-/m1/s1. The minimum atomic E-state index is -1.27. The Labute approximate surface area is 148 Å². The summed E-state index contributed by atoms with van der Waals surface area (Å²) in [7, 11) is 1.62. The van der Waals surface area contributed by atoms with Crippen LogP contribution in [-0.4, -0.2) is 24.8 Å². The first-order valence-electron chi connectivity index (χ1n) is 9.84. The molecule has 0 amide bonds. The quantitative estimate of drug-likeness (QED) is 0.724. The summed E-state index contributed by atoms with van der Waals surface area (Å²) >= 11 is 0. The minimum Gasteiger partial charge on any atom is -0.493 e. The van der Waals surface area contributed by atoms with Gasteiger partial charge in [-0.25, -0.2) is 4.39 Å². The van der Waals surface area contributed by atoms with Gasteiger partial charge in [0.2, 0.25) is 5.78 Å². The van der Waals surface area contributed by atoms with Gasteiger partial charge in [0.1, 0.15) is 0 Å². The highest BCUT2D eigenvalue weighted by atomic mass is 19.1. The summed E-state index contributed by atoms with van der Waals surface area (Å²) < 4.78 is 19.9. The van der Waals surface area contributed by atoms with Gasteiger partial charge >= 0.3 is 0 Å². The molecule has 25 heavy (non-hydrogen) atoms. The molecule has 5 rings (SSSR count). The highest BCUT2D eigenvalue weighted by Gasteiger charge is 2.68. The van der Waals surface area contributed by atoms with E-state index in [9.17, 15) is 14.0 Å². The number of allylic oxidation sites excluding steroid dienone is 1. The summed E-state index contributed by atoms with van der Waals surface area (Å²) in [6.45, 7) is 4.34. The first-order chi connectivity index (χ1) is 11.8. The van der Waals surface area contributed by atoms with E-state index in [4.69, 9.17) is 4.74 Å². The lowest BCUT2D eigenvalue weighted by Crippen LogP contribution is -2.52. The van der Waals surface area contributed by atoms with Gasteiger partial charge in [-0.05, 0) is 73.2 Å². The lowest BCUT2D eigenvalue weighted by Gasteiger charge is -2.57. The van der Waals surface area contributed by atoms with Gasteiger partial charge in [0, 0.05) is 11.3 Å². The molecule has 0 bridgehead atoms. The minimum absolute atomic E-state index is 0.00557. The third kappa shape index (κ3) is 1.72. The smallest absolute Gasteiger partial charge is 0.200 e. The Kier molecular flexibility index (Phi) is 3.04. The van der Waals surface area contributed by atoms with Crippen LogP contribution in [0, 0.1) is 40.4 Å². The fourth-order valence-corrected chi connectivity index (χ4v) is 7.53. The van der Waals surface area contributed by atoms with E-state index in [2.05, 4.69) is 6.92 Å². The van der Waals surface area contributed by atoms with Crippen LogP contribution in [-0.2, 0) is 14.3 Å². The number of hydrogen-bond donors (Lipinski definition) is 0. The number of rotatable bonds is 1. The van der Waals surface area contributed by atoms with E-state index in [1.54, 1.807) is 7.11 Å². The SMILES string of the molecule is COC1=C2CC[C@H]3[C@@H]4C[C@H](F)C(=O)[C@@]4(C)CC[C@@H]3[C@@]2(C)C2C[C@@H]2C1=O. The maximum atomic E-state index is 14.3. The van der Waals surface area contributed by atoms with E-state index >= 15 is 0 Å². The number of halogens is 1. The van der Waals surface area contributed by atoms with Gasteiger partial charge in [0.25, 0.3) is 0 Å². The van der Waals surface area contributed by atoms with Crippen LogP contribution in [0.15, 0.2) is 11.3 Å². The van der Waals surface area contributed by atoms with Gasteiger partial charge in [-0.2, -0.15) is 0 Å². The van der Waals surface area contributed by atoms with Crippen LogP contribution < -0.4 is 0 Å². The summed E-state index contributed by atoms with van der Waals surface area (Å²) in [5, 5.41) is 0. The fraction of sp³-hybridized carbons (Fsp3) is 0.810. The molecule has 3 nitrogen and oxygen atoms in total. The van der Waals surface area contributed by atoms with Crippen LogP contribution in [0.2, 0.25) is 0 Å². The topological polar surface area (TPSA) is 43.4 Å². The second kappa shape index (κ2) is 4.75. The predicted molar refractivity (Wildman–Crippen MR) is 90.3 cm³/mol. The zero-order valence-corrected chi connectivity index (χ0v) is 15.3. The maximum Gasteiger partial charge on any atom is 0.200 e. The Hall–Kier alpha value is -1.19. The monoisotopic (exact) mass is 346 g/mol. The Morgan fingerprint density at radius 3 is 2.56 bits per heavy atom. The molecule has 0 spiro atoms. The summed E-state index contributed by atoms with van der Waals surface area (Å²) in [6, 6.07) is 0. The van der Waals surface area contributed by atoms with Crippen molar-refractivity contribution < 1.29 is 18.7 Å². The van der Waals surface area contributed by atoms with Crippen molar-refractivity contribution in [2.45, 2.75) is 58.5 Å². The molecular weight excluding hydrogens is 319 g/mol. The predicted octanol–water partition coefficient (Wildman–Crippen LogP) is 3.87. The lowest BCUT2D eigenvalue weighted by atomic mass is 9.47. The third-order valence-corrected chi connectivity index (χ3v) is 8.88. The second-order valence-electron chi connectivity index (χ2n) is 9.55. The van der Waals surface area contributed by atoms with Gasteiger partial charge in [-0.3, -0.25) is 9.59 Å². The lowest BCUT2D eigenvalue weighted by molar-refractivity contribution is -0.135. The van der Waals surface area contributed by atoms with Crippen molar-refractivity contribution >= 4 is 11.6 Å². The average molecular weight is 346 g/mol. The van der Waals surface area contributed by atoms with Crippen LogP contribution in [0.1, 0.15) is 52.4 Å². The molecule has 4 saturated carbocycles. The van der Waals surface area contributed by atoms with E-state index < -0.39 is 11.6 Å². The van der Waals surface area contributed by atoms with Crippen molar-refractivity contribution in [3.8, 4) is 0 Å². The number of Topliss-reactive ketones (excluding diaryl/α,β-unsaturated/α-hetero) is 2. The van der Waals surface area contributed by atoms with Gasteiger partial charge in [-0.1, -0.05) is 13.8 Å². The van der Waals surface area contributed by atoms with Crippen LogP contribution in [0.3, 0.4) is 0 Å². The summed E-state index contributed by atoms with van der Waals surface area (Å²) in [6.07, 6.45) is 3.73. The molecule has 1 unspecified atom stereocenters. The van der Waals surface area contributed by atoms with Gasteiger partial charge in [0.05, 0.1) is 7.11 Å². The molecule has 0 N–H and O–H groups in total. The van der Waals surface area contributed by atoms with Crippen molar-refractivity contribution in [1.29, 1.82) is 0 Å². The molecular formula is C21H27FO3. The Morgan fingerprint density at radius 1 is 1.08 bits per heavy atom. The van der Waals surface area contributed by atoms with Gasteiger partial charge < -0.3 is 4.74 Å². The number of carbonyl (C=O) groups excluding carboxylic acids is 2. The van der Waals surface area contributed by atoms with E-state index in [1.807, 2.05) is 6.92 Å². The van der Waals surface area contributed by atoms with Crippen molar-refractivity contribution in [3.05, 3.63) is 11.3 Å². The highest BCUT2D eigenvalue weighted by molar-refractivity contribution is 6.00. The molecule has 0 aliphatic heterocycles. The number of ketones is 2. The maximum absolute atomic E-state index is 14.3. The summed E-state index contributed by atoms with van der Waals surface area (Å²) in [5.41, 5.74) is 0.770. The van der Waals surface area contributed by atoms with E-state index in [0.29, 0.717) is 29.9 Å². The molecule has 5 aliphatic rings. The molecule has 5 aliphatic carbocycles. The molecule has 4 fully saturated rings. The first-order valence-corrected chi connectivity index (χ1v) is 9.84. The molecule has 0 aromatic rings. The van der Waals surface area contributed by atoms with E-state index in [0.717, 1.165) is 32.1 Å². The van der Waals surface area contributed by atoms with Crippen LogP contribution in [0.25, 0.3) is 0 Å². The zero-order valence-electron chi connectivity index (χ0n) is 15.3. The molecule has 0 aromatic heterocycles. The van der Waals surface area contributed by atoms with Crippen LogP contribution >= 0.6 is 0 Å². The number of alkyl halides is 1. The van der Waals surface area contributed by atoms with E-state index in [-0.39, 0.29) is 28.8 Å². The van der Waals surface area contributed by atoms with Crippen molar-refractivity contribution in [1.82, 2.24) is 0 Å². The van der Waals surface area contributed by atoms with Crippen molar-refractivity contribution in [3.63, 3.8) is 0 Å². The molecule has 0 radical (unpaired) electrons. The van der Waals surface area contributed by atoms with Crippen LogP contribution in [0.5, 0.6) is 0 Å². The number of carbonyl (C=O) groups is 2. The van der Waals surface area contributed by atoms with Crippen molar-refractivity contribution in [2.75, 3.05) is 7.11 Å². The molecule has 0 saturated heterocycles. The Morgan fingerprint density at radius 2 is 1.84 bits per heavy atom. The summed E-state index contributed by atoms with van der Waals surface area (Å²) in [5.74, 6) is 2.29. The number of ether oxygens (including phenoxy) is 1. The normalized spacial score (nSPS) is 53.8. The van der Waals surface area contributed by atoms with Gasteiger partial charge in [-0.15, -0.1) is 0 Å². The number of hydrogen-bond acceptors (Lipinski definition) is 3. The van der Waals surface area contributed by atoms with Crippen molar-refractivity contribution in [2.24, 2.45) is 40.4 Å². The fourth-order valence-electron chi connectivity index (χ4n) is 7.53. The highest BCUT2D eigenvalue weighted by Crippen LogP contribution is 2.71. The largest absolute Gasteiger partial charge is 0.493 e. The van der Waals surface area contributed by atoms with Crippen LogP contribution in [0.4, 0.5) is 4.39 Å². The Bertz CT molecular complexity index is 712. The molecule has 136 valence electrons. The second-order valence-corrected chi connectivity index (χ2v) is 9.55. The Balaban J connectivity index is 1.58. The summed E-state index contributed by atoms with van der Waals surface area (Å²) in [4.78, 5) is 25.1. The first kappa shape index (κ1) is 16.0. The van der Waals surface area contributed by atoms with E-state index in [1.165, 1.54) is 5.57 Å². The third-order valence-electron chi connectivity index (χ3n) is 8.88. The molecule has 0 aromatic carbocycles. The average Bonchev–Trinajstić information content (AvgIpc) is 3.36. The molecule has 8 atom stereocenters. The molecule has 4 heteroatoms. The number of methoxy groups -OCH3 is 1. The zero-order chi connectivity index (χ0) is 17.7. The number of fused-ring (bicyclic) bond motifs is 7. The van der Waals surface area contributed by atoms with Gasteiger partial charge in [0.15, 0.2) is 17.7 Å². The molecule has 0 heterocycles.